The molecule has 0 radical (unpaired) electrons. The number of anilines is 1. The first-order chi connectivity index (χ1) is 14.2. The van der Waals surface area contributed by atoms with Gasteiger partial charge in [-0.05, 0) is 36.4 Å². The van der Waals surface area contributed by atoms with Crippen LogP contribution >= 0.6 is 0 Å². The van der Waals surface area contributed by atoms with E-state index in [1.807, 2.05) is 36.4 Å². The maximum atomic E-state index is 12.5. The van der Waals surface area contributed by atoms with Crippen LogP contribution < -0.4 is 15.2 Å². The van der Waals surface area contributed by atoms with Gasteiger partial charge in [-0.2, -0.15) is 0 Å². The van der Waals surface area contributed by atoms with Crippen LogP contribution in [0, 0.1) is 0 Å². The molecule has 1 aliphatic rings. The number of ether oxygens (including phenoxy) is 1. The van der Waals surface area contributed by atoms with Crippen molar-refractivity contribution in [2.45, 2.75) is 6.54 Å². The number of hydrogen-bond acceptors (Lipinski definition) is 6. The minimum atomic E-state index is -0.224. The number of fused-ring (bicyclic) bond motifs is 3. The molecule has 7 heteroatoms. The first-order valence-electron chi connectivity index (χ1n) is 9.73. The van der Waals surface area contributed by atoms with Crippen LogP contribution in [-0.4, -0.2) is 48.2 Å². The Morgan fingerprint density at radius 3 is 2.59 bits per heavy atom. The van der Waals surface area contributed by atoms with E-state index in [2.05, 4.69) is 26.9 Å². The minimum absolute atomic E-state index is 0.224. The number of rotatable bonds is 4. The van der Waals surface area contributed by atoms with Crippen LogP contribution in [0.15, 0.2) is 57.7 Å². The van der Waals surface area contributed by atoms with Crippen molar-refractivity contribution in [3.8, 4) is 5.75 Å². The van der Waals surface area contributed by atoms with Crippen LogP contribution in [0.5, 0.6) is 5.75 Å². The Kier molecular flexibility index (Phi) is 4.44. The first-order valence-corrected chi connectivity index (χ1v) is 9.73. The third-order valence-electron chi connectivity index (χ3n) is 5.46. The van der Waals surface area contributed by atoms with Crippen molar-refractivity contribution in [1.82, 2.24) is 14.9 Å². The highest BCUT2D eigenvalue weighted by molar-refractivity contribution is 6.01. The van der Waals surface area contributed by atoms with E-state index in [4.69, 9.17) is 14.1 Å². The summed E-state index contributed by atoms with van der Waals surface area (Å²) < 4.78 is 10.9. The maximum absolute atomic E-state index is 12.5. The van der Waals surface area contributed by atoms with E-state index in [9.17, 15) is 4.79 Å². The van der Waals surface area contributed by atoms with E-state index in [-0.39, 0.29) is 5.56 Å². The summed E-state index contributed by atoms with van der Waals surface area (Å²) in [5, 5.41) is 0.874. The van der Waals surface area contributed by atoms with Crippen molar-refractivity contribution in [2.24, 2.45) is 0 Å². The number of hydrogen-bond donors (Lipinski definition) is 1. The lowest BCUT2D eigenvalue weighted by molar-refractivity contribution is 0.244. The molecule has 0 unspecified atom stereocenters. The lowest BCUT2D eigenvalue weighted by Gasteiger charge is -2.35. The maximum Gasteiger partial charge on any atom is 0.294 e. The van der Waals surface area contributed by atoms with Gasteiger partial charge >= 0.3 is 0 Å². The number of nitrogens with one attached hydrogen (secondary N) is 1. The zero-order chi connectivity index (χ0) is 19.8. The second kappa shape index (κ2) is 7.25. The van der Waals surface area contributed by atoms with Crippen LogP contribution in [0.2, 0.25) is 0 Å². The van der Waals surface area contributed by atoms with Gasteiger partial charge in [0.15, 0.2) is 0 Å². The fourth-order valence-corrected chi connectivity index (χ4v) is 3.89. The highest BCUT2D eigenvalue weighted by Crippen LogP contribution is 2.25. The third kappa shape index (κ3) is 3.34. The molecular weight excluding hydrogens is 368 g/mol. The fourth-order valence-electron chi connectivity index (χ4n) is 3.89. The molecule has 2 aromatic heterocycles. The summed E-state index contributed by atoms with van der Waals surface area (Å²) in [6.45, 7) is 4.27. The normalized spacial score (nSPS) is 15.3. The van der Waals surface area contributed by atoms with Gasteiger partial charge in [0.2, 0.25) is 5.58 Å². The number of piperazine rings is 1. The largest absolute Gasteiger partial charge is 0.497 e. The second-order valence-corrected chi connectivity index (χ2v) is 7.25. The zero-order valence-electron chi connectivity index (χ0n) is 16.2. The number of furan rings is 1. The van der Waals surface area contributed by atoms with Crippen molar-refractivity contribution in [1.29, 1.82) is 0 Å². The highest BCUT2D eigenvalue weighted by Gasteiger charge is 2.19. The third-order valence-corrected chi connectivity index (χ3v) is 5.46. The molecule has 148 valence electrons. The molecule has 0 atom stereocenters. The SMILES string of the molecule is COc1ccc(N2CCN(Cc3nc4c(oc5ccccc54)c(=O)[nH]3)CC2)cc1. The predicted molar refractivity (Wildman–Crippen MR) is 113 cm³/mol. The van der Waals surface area contributed by atoms with E-state index >= 15 is 0 Å². The summed E-state index contributed by atoms with van der Waals surface area (Å²) in [7, 11) is 1.68. The standard InChI is InChI=1S/C22H22N4O3/c1-28-16-8-6-15(7-9-16)26-12-10-25(11-13-26)14-19-23-20-17-4-2-3-5-18(17)29-21(20)22(27)24-19/h2-9H,10-14H2,1H3,(H,23,24,27). The fraction of sp³-hybridized carbons (Fsp3) is 0.273. The van der Waals surface area contributed by atoms with Gasteiger partial charge in [-0.3, -0.25) is 9.69 Å². The molecule has 0 spiro atoms. The van der Waals surface area contributed by atoms with Crippen LogP contribution in [0.3, 0.4) is 0 Å². The molecule has 1 N–H and O–H groups in total. The Bertz CT molecular complexity index is 1200. The Morgan fingerprint density at radius 2 is 1.83 bits per heavy atom. The summed E-state index contributed by atoms with van der Waals surface area (Å²) >= 11 is 0. The van der Waals surface area contributed by atoms with Crippen molar-refractivity contribution in [3.05, 3.63) is 64.7 Å². The molecule has 1 fully saturated rings. The minimum Gasteiger partial charge on any atom is -0.497 e. The average molecular weight is 390 g/mol. The molecular formula is C22H22N4O3. The molecule has 0 amide bonds. The highest BCUT2D eigenvalue weighted by atomic mass is 16.5. The van der Waals surface area contributed by atoms with Gasteiger partial charge in [0.05, 0.1) is 13.7 Å². The van der Waals surface area contributed by atoms with Crippen LogP contribution in [0.1, 0.15) is 5.82 Å². The van der Waals surface area contributed by atoms with E-state index in [1.54, 1.807) is 7.11 Å². The van der Waals surface area contributed by atoms with Gasteiger partial charge in [-0.15, -0.1) is 0 Å². The summed E-state index contributed by atoms with van der Waals surface area (Å²) in [4.78, 5) is 24.7. The number of methoxy groups -OCH3 is 1. The van der Waals surface area contributed by atoms with Crippen molar-refractivity contribution in [3.63, 3.8) is 0 Å². The number of aromatic amines is 1. The molecule has 0 saturated carbocycles. The molecule has 1 saturated heterocycles. The van der Waals surface area contributed by atoms with Crippen molar-refractivity contribution in [2.75, 3.05) is 38.2 Å². The van der Waals surface area contributed by atoms with E-state index in [0.717, 1.165) is 37.3 Å². The Morgan fingerprint density at radius 1 is 1.07 bits per heavy atom. The summed E-state index contributed by atoms with van der Waals surface area (Å²) in [5.74, 6) is 1.54. The molecule has 5 rings (SSSR count). The van der Waals surface area contributed by atoms with Gasteiger partial charge in [0.25, 0.3) is 5.56 Å². The summed E-state index contributed by atoms with van der Waals surface area (Å²) in [6, 6.07) is 15.8. The molecule has 7 nitrogen and oxygen atoms in total. The molecule has 29 heavy (non-hydrogen) atoms. The van der Waals surface area contributed by atoms with Gasteiger partial charge in [0.1, 0.15) is 22.7 Å². The van der Waals surface area contributed by atoms with Crippen molar-refractivity contribution >= 4 is 27.8 Å². The van der Waals surface area contributed by atoms with Gasteiger partial charge in [-0.1, -0.05) is 12.1 Å². The Balaban J connectivity index is 1.31. The molecule has 0 bridgehead atoms. The molecule has 0 aliphatic carbocycles. The molecule has 1 aliphatic heterocycles. The summed E-state index contributed by atoms with van der Waals surface area (Å²) in [5.41, 5.74) is 2.59. The zero-order valence-corrected chi connectivity index (χ0v) is 16.2. The summed E-state index contributed by atoms with van der Waals surface area (Å²) in [6.07, 6.45) is 0. The lowest BCUT2D eigenvalue weighted by atomic mass is 10.2. The number of aromatic nitrogens is 2. The van der Waals surface area contributed by atoms with E-state index < -0.39 is 0 Å². The van der Waals surface area contributed by atoms with Gasteiger partial charge in [0, 0.05) is 37.3 Å². The molecule has 3 heterocycles. The number of nitrogens with zero attached hydrogens (tertiary/aromatic N) is 3. The number of H-pyrrole nitrogens is 1. The first kappa shape index (κ1) is 17.8. The quantitative estimate of drug-likeness (QED) is 0.577. The lowest BCUT2D eigenvalue weighted by Crippen LogP contribution is -2.46. The number of para-hydroxylation sites is 1. The van der Waals surface area contributed by atoms with Crippen LogP contribution in [-0.2, 0) is 6.54 Å². The Hall–Kier alpha value is -3.32. The van der Waals surface area contributed by atoms with Crippen molar-refractivity contribution < 1.29 is 9.15 Å². The van der Waals surface area contributed by atoms with E-state index in [1.165, 1.54) is 5.69 Å². The number of benzene rings is 2. The van der Waals surface area contributed by atoms with Gasteiger partial charge in [-0.25, -0.2) is 4.98 Å². The monoisotopic (exact) mass is 390 g/mol. The van der Waals surface area contributed by atoms with Crippen LogP contribution in [0.25, 0.3) is 22.1 Å². The smallest absolute Gasteiger partial charge is 0.294 e. The molecule has 4 aromatic rings. The average Bonchev–Trinajstić information content (AvgIpc) is 3.14. The van der Waals surface area contributed by atoms with E-state index in [0.29, 0.717) is 29.1 Å². The molecule has 2 aromatic carbocycles. The topological polar surface area (TPSA) is 74.6 Å². The second-order valence-electron chi connectivity index (χ2n) is 7.25. The predicted octanol–water partition coefficient (Wildman–Crippen LogP) is 3.00. The van der Waals surface area contributed by atoms with Crippen LogP contribution in [0.4, 0.5) is 5.69 Å². The van der Waals surface area contributed by atoms with Gasteiger partial charge < -0.3 is 19.0 Å². The Labute approximate surface area is 167 Å².